The maximum atomic E-state index is 11.9. The lowest BCUT2D eigenvalue weighted by atomic mass is 10.0. The molecule has 14 heavy (non-hydrogen) atoms. The summed E-state index contributed by atoms with van der Waals surface area (Å²) in [5, 5.41) is 0. The zero-order chi connectivity index (χ0) is 11.0. The molecule has 3 heteroatoms. The first-order valence-electron chi connectivity index (χ1n) is 5.66. The first-order valence-corrected chi connectivity index (χ1v) is 5.66. The SMILES string of the molecule is CCCC(C)C(=O)N(CCC)CCN. The van der Waals surface area contributed by atoms with Gasteiger partial charge in [-0.25, -0.2) is 0 Å². The van der Waals surface area contributed by atoms with Gasteiger partial charge in [-0.15, -0.1) is 0 Å². The summed E-state index contributed by atoms with van der Waals surface area (Å²) in [6.45, 7) is 8.29. The first kappa shape index (κ1) is 13.4. The molecule has 1 amide bonds. The first-order chi connectivity index (χ1) is 6.67. The molecular formula is C11H24N2O. The second-order valence-corrected chi connectivity index (χ2v) is 3.80. The summed E-state index contributed by atoms with van der Waals surface area (Å²) in [6, 6.07) is 0. The van der Waals surface area contributed by atoms with E-state index in [0.29, 0.717) is 13.1 Å². The number of nitrogens with zero attached hydrogens (tertiary/aromatic N) is 1. The Morgan fingerprint density at radius 3 is 2.36 bits per heavy atom. The Morgan fingerprint density at radius 2 is 1.93 bits per heavy atom. The van der Waals surface area contributed by atoms with Crippen molar-refractivity contribution >= 4 is 5.91 Å². The third-order valence-corrected chi connectivity index (χ3v) is 2.35. The Bertz CT molecular complexity index is 153. The molecule has 0 aromatic rings. The standard InChI is InChI=1S/C11H24N2O/c1-4-6-10(3)11(14)13(8-5-2)9-7-12/h10H,4-9,12H2,1-3H3. The predicted molar refractivity (Wildman–Crippen MR) is 60.0 cm³/mol. The molecule has 0 aromatic heterocycles. The van der Waals surface area contributed by atoms with Crippen LogP contribution in [0.25, 0.3) is 0 Å². The van der Waals surface area contributed by atoms with Crippen LogP contribution in [0.4, 0.5) is 0 Å². The van der Waals surface area contributed by atoms with E-state index in [4.69, 9.17) is 5.73 Å². The van der Waals surface area contributed by atoms with E-state index in [2.05, 4.69) is 13.8 Å². The van der Waals surface area contributed by atoms with Crippen molar-refractivity contribution in [2.75, 3.05) is 19.6 Å². The van der Waals surface area contributed by atoms with Gasteiger partial charge in [0.2, 0.25) is 5.91 Å². The molecule has 1 unspecified atom stereocenters. The molecule has 0 rings (SSSR count). The fraction of sp³-hybridized carbons (Fsp3) is 0.909. The minimum absolute atomic E-state index is 0.151. The van der Waals surface area contributed by atoms with Gasteiger partial charge in [-0.3, -0.25) is 4.79 Å². The van der Waals surface area contributed by atoms with Crippen LogP contribution >= 0.6 is 0 Å². The van der Waals surface area contributed by atoms with Crippen LogP contribution in [0.5, 0.6) is 0 Å². The lowest BCUT2D eigenvalue weighted by molar-refractivity contribution is -0.135. The summed E-state index contributed by atoms with van der Waals surface area (Å²) in [7, 11) is 0. The average Bonchev–Trinajstić information content (AvgIpc) is 2.17. The van der Waals surface area contributed by atoms with Gasteiger partial charge in [0.15, 0.2) is 0 Å². The lowest BCUT2D eigenvalue weighted by Gasteiger charge is -2.24. The van der Waals surface area contributed by atoms with Gasteiger partial charge in [-0.05, 0) is 12.8 Å². The Labute approximate surface area is 87.6 Å². The van der Waals surface area contributed by atoms with Crippen LogP contribution in [0.15, 0.2) is 0 Å². The molecular weight excluding hydrogens is 176 g/mol. The van der Waals surface area contributed by atoms with E-state index in [1.54, 1.807) is 0 Å². The van der Waals surface area contributed by atoms with Crippen LogP contribution in [0.3, 0.4) is 0 Å². The van der Waals surface area contributed by atoms with Crippen molar-refractivity contribution in [3.63, 3.8) is 0 Å². The van der Waals surface area contributed by atoms with Gasteiger partial charge in [0, 0.05) is 25.6 Å². The van der Waals surface area contributed by atoms with Crippen molar-refractivity contribution in [3.05, 3.63) is 0 Å². The normalized spacial score (nSPS) is 12.6. The van der Waals surface area contributed by atoms with Crippen LogP contribution in [-0.4, -0.2) is 30.4 Å². The van der Waals surface area contributed by atoms with Crippen molar-refractivity contribution in [1.29, 1.82) is 0 Å². The number of hydrogen-bond acceptors (Lipinski definition) is 2. The fourth-order valence-corrected chi connectivity index (χ4v) is 1.63. The molecule has 0 aromatic carbocycles. The van der Waals surface area contributed by atoms with Gasteiger partial charge < -0.3 is 10.6 Å². The summed E-state index contributed by atoms with van der Waals surface area (Å²) in [6.07, 6.45) is 3.05. The highest BCUT2D eigenvalue weighted by atomic mass is 16.2. The summed E-state index contributed by atoms with van der Waals surface area (Å²) >= 11 is 0. The Morgan fingerprint density at radius 1 is 1.29 bits per heavy atom. The zero-order valence-electron chi connectivity index (χ0n) is 9.75. The molecule has 0 radical (unpaired) electrons. The highest BCUT2D eigenvalue weighted by Crippen LogP contribution is 2.09. The maximum absolute atomic E-state index is 11.9. The quantitative estimate of drug-likeness (QED) is 0.679. The van der Waals surface area contributed by atoms with E-state index in [1.807, 2.05) is 11.8 Å². The van der Waals surface area contributed by atoms with Crippen molar-refractivity contribution in [3.8, 4) is 0 Å². The van der Waals surface area contributed by atoms with Gasteiger partial charge in [-0.2, -0.15) is 0 Å². The lowest BCUT2D eigenvalue weighted by Crippen LogP contribution is -2.39. The molecule has 0 aliphatic heterocycles. The molecule has 0 aliphatic rings. The fourth-order valence-electron chi connectivity index (χ4n) is 1.63. The number of carbonyl (C=O) groups is 1. The molecule has 0 fully saturated rings. The number of nitrogens with two attached hydrogens (primary N) is 1. The van der Waals surface area contributed by atoms with Gasteiger partial charge in [0.25, 0.3) is 0 Å². The number of rotatable bonds is 7. The van der Waals surface area contributed by atoms with Crippen LogP contribution in [0.1, 0.15) is 40.0 Å². The predicted octanol–water partition coefficient (Wildman–Crippen LogP) is 1.62. The molecule has 0 heterocycles. The van der Waals surface area contributed by atoms with E-state index < -0.39 is 0 Å². The molecule has 0 saturated heterocycles. The summed E-state index contributed by atoms with van der Waals surface area (Å²) in [5.74, 6) is 0.414. The average molecular weight is 200 g/mol. The van der Waals surface area contributed by atoms with Crippen LogP contribution in [0, 0.1) is 5.92 Å². The van der Waals surface area contributed by atoms with Gasteiger partial charge in [0.05, 0.1) is 0 Å². The van der Waals surface area contributed by atoms with Gasteiger partial charge >= 0.3 is 0 Å². The van der Waals surface area contributed by atoms with E-state index >= 15 is 0 Å². The van der Waals surface area contributed by atoms with Crippen molar-refractivity contribution in [1.82, 2.24) is 4.90 Å². The van der Waals surface area contributed by atoms with E-state index in [-0.39, 0.29) is 11.8 Å². The van der Waals surface area contributed by atoms with Gasteiger partial charge in [0.1, 0.15) is 0 Å². The highest BCUT2D eigenvalue weighted by molar-refractivity contribution is 5.78. The van der Waals surface area contributed by atoms with Crippen molar-refractivity contribution in [2.24, 2.45) is 11.7 Å². The van der Waals surface area contributed by atoms with E-state index in [9.17, 15) is 4.79 Å². The highest BCUT2D eigenvalue weighted by Gasteiger charge is 2.17. The Hall–Kier alpha value is -0.570. The minimum atomic E-state index is 0.151. The summed E-state index contributed by atoms with van der Waals surface area (Å²) in [4.78, 5) is 13.8. The van der Waals surface area contributed by atoms with Gasteiger partial charge in [-0.1, -0.05) is 27.2 Å². The van der Waals surface area contributed by atoms with Crippen LogP contribution in [-0.2, 0) is 4.79 Å². The number of hydrogen-bond donors (Lipinski definition) is 1. The van der Waals surface area contributed by atoms with E-state index in [1.165, 1.54) is 0 Å². The third-order valence-electron chi connectivity index (χ3n) is 2.35. The van der Waals surface area contributed by atoms with E-state index in [0.717, 1.165) is 25.8 Å². The second kappa shape index (κ2) is 7.80. The van der Waals surface area contributed by atoms with Crippen LogP contribution in [0.2, 0.25) is 0 Å². The number of carbonyl (C=O) groups excluding carboxylic acids is 1. The summed E-state index contributed by atoms with van der Waals surface area (Å²) in [5.41, 5.74) is 5.48. The Balaban J connectivity index is 4.11. The molecule has 2 N–H and O–H groups in total. The second-order valence-electron chi connectivity index (χ2n) is 3.80. The smallest absolute Gasteiger partial charge is 0.225 e. The molecule has 0 bridgehead atoms. The zero-order valence-corrected chi connectivity index (χ0v) is 9.75. The molecule has 3 nitrogen and oxygen atoms in total. The molecule has 1 atom stereocenters. The number of amides is 1. The van der Waals surface area contributed by atoms with Crippen molar-refractivity contribution < 1.29 is 4.79 Å². The largest absolute Gasteiger partial charge is 0.341 e. The molecule has 84 valence electrons. The monoisotopic (exact) mass is 200 g/mol. The summed E-state index contributed by atoms with van der Waals surface area (Å²) < 4.78 is 0. The molecule has 0 aliphatic carbocycles. The molecule has 0 saturated carbocycles. The topological polar surface area (TPSA) is 46.3 Å². The third kappa shape index (κ3) is 4.61. The molecule has 0 spiro atoms. The maximum Gasteiger partial charge on any atom is 0.225 e. The van der Waals surface area contributed by atoms with Crippen molar-refractivity contribution in [2.45, 2.75) is 40.0 Å². The Kier molecular flexibility index (Phi) is 7.48. The minimum Gasteiger partial charge on any atom is -0.341 e. The van der Waals surface area contributed by atoms with Crippen LogP contribution < -0.4 is 5.73 Å².